The summed E-state index contributed by atoms with van der Waals surface area (Å²) in [6.45, 7) is 0. The number of pyridine rings is 1. The van der Waals surface area contributed by atoms with E-state index in [0.717, 1.165) is 5.92 Å². The molecule has 4 nitrogen and oxygen atoms in total. The third kappa shape index (κ3) is 1.65. The van der Waals surface area contributed by atoms with Gasteiger partial charge in [0.2, 0.25) is 0 Å². The Kier molecular flexibility index (Phi) is 2.20. The first-order valence-electron chi connectivity index (χ1n) is 5.53. The fourth-order valence-electron chi connectivity index (χ4n) is 2.45. The molecule has 1 aliphatic carbocycles. The molecule has 1 aliphatic heterocycles. The van der Waals surface area contributed by atoms with E-state index in [1.54, 1.807) is 6.20 Å². The lowest BCUT2D eigenvalue weighted by molar-refractivity contribution is 0.471. The maximum Gasteiger partial charge on any atom is 0.0764 e. The molecule has 0 bridgehead atoms. The summed E-state index contributed by atoms with van der Waals surface area (Å²) in [5.74, 6) is 1.14. The predicted molar refractivity (Wildman–Crippen MR) is 57.7 cm³/mol. The van der Waals surface area contributed by atoms with E-state index in [2.05, 4.69) is 21.9 Å². The van der Waals surface area contributed by atoms with Crippen molar-refractivity contribution < 1.29 is 0 Å². The lowest BCUT2D eigenvalue weighted by atomic mass is 9.89. The van der Waals surface area contributed by atoms with Gasteiger partial charge in [0.15, 0.2) is 0 Å². The van der Waals surface area contributed by atoms with Crippen LogP contribution >= 0.6 is 0 Å². The molecule has 0 aromatic carbocycles. The highest BCUT2D eigenvalue weighted by Gasteiger charge is 2.43. The molecule has 15 heavy (non-hydrogen) atoms. The molecule has 0 amide bonds. The fraction of sp³-hybridized carbons (Fsp3) is 0.545. The zero-order valence-corrected chi connectivity index (χ0v) is 8.56. The second kappa shape index (κ2) is 3.56. The van der Waals surface area contributed by atoms with E-state index in [-0.39, 0.29) is 6.17 Å². The van der Waals surface area contributed by atoms with Crippen LogP contribution in [0.3, 0.4) is 0 Å². The van der Waals surface area contributed by atoms with Crippen LogP contribution in [0.5, 0.6) is 0 Å². The molecule has 2 heterocycles. The number of rotatable bonds is 2. The SMILES string of the molecule is NC1NNC(C2CC2)C1c1cccnc1. The summed E-state index contributed by atoms with van der Waals surface area (Å²) in [5.41, 5.74) is 13.8. The molecule has 1 saturated carbocycles. The minimum Gasteiger partial charge on any atom is -0.314 e. The van der Waals surface area contributed by atoms with Gasteiger partial charge in [-0.1, -0.05) is 6.07 Å². The van der Waals surface area contributed by atoms with E-state index < -0.39 is 0 Å². The molecule has 1 aromatic rings. The van der Waals surface area contributed by atoms with E-state index in [1.807, 2.05) is 12.3 Å². The Labute approximate surface area is 89.2 Å². The van der Waals surface area contributed by atoms with Crippen molar-refractivity contribution in [2.24, 2.45) is 11.7 Å². The van der Waals surface area contributed by atoms with Crippen LogP contribution in [0.25, 0.3) is 0 Å². The standard InChI is InChI=1S/C11H16N4/c12-11-9(8-2-1-5-13-6-8)10(14-15-11)7-3-4-7/h1-2,5-7,9-11,14-15H,3-4,12H2. The Hall–Kier alpha value is -0.970. The van der Waals surface area contributed by atoms with E-state index in [0.29, 0.717) is 12.0 Å². The minimum absolute atomic E-state index is 0.000185. The van der Waals surface area contributed by atoms with Crippen LogP contribution in [-0.4, -0.2) is 17.2 Å². The van der Waals surface area contributed by atoms with Crippen LogP contribution in [0.4, 0.5) is 0 Å². The first kappa shape index (κ1) is 9.27. The third-order valence-corrected chi connectivity index (χ3v) is 3.39. The number of nitrogens with zero attached hydrogens (tertiary/aromatic N) is 1. The molecule has 2 aliphatic rings. The van der Waals surface area contributed by atoms with E-state index in [9.17, 15) is 0 Å². The van der Waals surface area contributed by atoms with Crippen LogP contribution < -0.4 is 16.6 Å². The molecule has 3 atom stereocenters. The summed E-state index contributed by atoms with van der Waals surface area (Å²) >= 11 is 0. The zero-order valence-electron chi connectivity index (χ0n) is 8.56. The molecule has 2 fully saturated rings. The van der Waals surface area contributed by atoms with Gasteiger partial charge in [-0.15, -0.1) is 0 Å². The maximum atomic E-state index is 6.07. The number of nitrogens with two attached hydrogens (primary N) is 1. The molecule has 1 aromatic heterocycles. The molecular formula is C11H16N4. The first-order chi connectivity index (χ1) is 7.36. The molecule has 3 unspecified atom stereocenters. The van der Waals surface area contributed by atoms with Crippen molar-refractivity contribution in [2.45, 2.75) is 31.0 Å². The Morgan fingerprint density at radius 1 is 1.33 bits per heavy atom. The highest BCUT2D eigenvalue weighted by atomic mass is 15.5. The summed E-state index contributed by atoms with van der Waals surface area (Å²) in [7, 11) is 0. The van der Waals surface area contributed by atoms with Gasteiger partial charge in [-0.2, -0.15) is 0 Å². The van der Waals surface area contributed by atoms with Gasteiger partial charge in [0.05, 0.1) is 6.17 Å². The minimum atomic E-state index is -0.000185. The van der Waals surface area contributed by atoms with Crippen molar-refractivity contribution in [3.8, 4) is 0 Å². The van der Waals surface area contributed by atoms with Gasteiger partial charge in [0.1, 0.15) is 0 Å². The summed E-state index contributed by atoms with van der Waals surface area (Å²) in [6.07, 6.45) is 6.37. The van der Waals surface area contributed by atoms with Crippen molar-refractivity contribution in [1.82, 2.24) is 15.8 Å². The topological polar surface area (TPSA) is 63.0 Å². The summed E-state index contributed by atoms with van der Waals surface area (Å²) in [6, 6.07) is 4.57. The predicted octanol–water partition coefficient (Wildman–Crippen LogP) is 0.336. The second-order valence-electron chi connectivity index (χ2n) is 4.49. The Balaban J connectivity index is 1.88. The number of hydrazine groups is 1. The van der Waals surface area contributed by atoms with Gasteiger partial charge in [-0.3, -0.25) is 10.4 Å². The van der Waals surface area contributed by atoms with Crippen molar-refractivity contribution in [2.75, 3.05) is 0 Å². The smallest absolute Gasteiger partial charge is 0.0764 e. The number of nitrogens with one attached hydrogen (secondary N) is 2. The van der Waals surface area contributed by atoms with E-state index in [4.69, 9.17) is 5.73 Å². The summed E-state index contributed by atoms with van der Waals surface area (Å²) in [5, 5.41) is 0. The van der Waals surface area contributed by atoms with Crippen molar-refractivity contribution in [3.63, 3.8) is 0 Å². The van der Waals surface area contributed by atoms with E-state index in [1.165, 1.54) is 18.4 Å². The van der Waals surface area contributed by atoms with Gasteiger partial charge in [-0.25, -0.2) is 5.43 Å². The van der Waals surface area contributed by atoms with Crippen molar-refractivity contribution >= 4 is 0 Å². The first-order valence-corrected chi connectivity index (χ1v) is 5.53. The van der Waals surface area contributed by atoms with Crippen LogP contribution in [0.2, 0.25) is 0 Å². The third-order valence-electron chi connectivity index (χ3n) is 3.39. The monoisotopic (exact) mass is 204 g/mol. The quantitative estimate of drug-likeness (QED) is 0.650. The Morgan fingerprint density at radius 3 is 2.87 bits per heavy atom. The molecular weight excluding hydrogens is 188 g/mol. The summed E-state index contributed by atoms with van der Waals surface area (Å²) in [4.78, 5) is 4.17. The average molecular weight is 204 g/mol. The maximum absolute atomic E-state index is 6.07. The number of hydrogen-bond acceptors (Lipinski definition) is 4. The van der Waals surface area contributed by atoms with Gasteiger partial charge in [-0.05, 0) is 30.4 Å². The Bertz CT molecular complexity index is 336. The molecule has 4 N–H and O–H groups in total. The highest BCUT2D eigenvalue weighted by Crippen LogP contribution is 2.41. The number of hydrogen-bond donors (Lipinski definition) is 3. The molecule has 3 rings (SSSR count). The van der Waals surface area contributed by atoms with Crippen LogP contribution in [0, 0.1) is 5.92 Å². The fourth-order valence-corrected chi connectivity index (χ4v) is 2.45. The van der Waals surface area contributed by atoms with Gasteiger partial charge < -0.3 is 5.73 Å². The average Bonchev–Trinajstić information content (AvgIpc) is 3.04. The lowest BCUT2D eigenvalue weighted by Crippen LogP contribution is -2.38. The van der Waals surface area contributed by atoms with Gasteiger partial charge >= 0.3 is 0 Å². The molecule has 4 heteroatoms. The van der Waals surface area contributed by atoms with Crippen LogP contribution in [0.15, 0.2) is 24.5 Å². The Morgan fingerprint density at radius 2 is 2.20 bits per heavy atom. The molecule has 0 radical (unpaired) electrons. The van der Waals surface area contributed by atoms with E-state index >= 15 is 0 Å². The largest absolute Gasteiger partial charge is 0.314 e. The normalized spacial score (nSPS) is 35.7. The zero-order chi connectivity index (χ0) is 10.3. The second-order valence-corrected chi connectivity index (χ2v) is 4.49. The number of aromatic nitrogens is 1. The molecule has 0 spiro atoms. The van der Waals surface area contributed by atoms with Gasteiger partial charge in [0, 0.05) is 24.4 Å². The molecule has 1 saturated heterocycles. The summed E-state index contributed by atoms with van der Waals surface area (Å²) < 4.78 is 0. The van der Waals surface area contributed by atoms with Crippen LogP contribution in [0.1, 0.15) is 24.3 Å². The highest BCUT2D eigenvalue weighted by molar-refractivity contribution is 5.22. The lowest BCUT2D eigenvalue weighted by Gasteiger charge is -2.20. The molecule has 80 valence electrons. The van der Waals surface area contributed by atoms with Crippen molar-refractivity contribution in [1.29, 1.82) is 0 Å². The van der Waals surface area contributed by atoms with Crippen molar-refractivity contribution in [3.05, 3.63) is 30.1 Å². The van der Waals surface area contributed by atoms with Gasteiger partial charge in [0.25, 0.3) is 0 Å². The van der Waals surface area contributed by atoms with Crippen LogP contribution in [-0.2, 0) is 0 Å².